The molecule has 1 unspecified atom stereocenters. The van der Waals surface area contributed by atoms with E-state index in [-0.39, 0.29) is 11.5 Å². The average Bonchev–Trinajstić information content (AvgIpc) is 3.30. The van der Waals surface area contributed by atoms with E-state index >= 15 is 0 Å². The Balaban J connectivity index is 1.72. The first-order valence-electron chi connectivity index (χ1n) is 10.2. The van der Waals surface area contributed by atoms with Crippen molar-refractivity contribution in [1.29, 1.82) is 0 Å². The number of para-hydroxylation sites is 1. The van der Waals surface area contributed by atoms with Gasteiger partial charge >= 0.3 is 5.97 Å². The Morgan fingerprint density at radius 3 is 2.53 bits per heavy atom. The second-order valence-electron chi connectivity index (χ2n) is 7.39. The summed E-state index contributed by atoms with van der Waals surface area (Å²) >= 11 is 1.42. The third kappa shape index (κ3) is 5.29. The molecule has 6 nitrogen and oxygen atoms in total. The van der Waals surface area contributed by atoms with Gasteiger partial charge in [-0.05, 0) is 43.0 Å². The van der Waals surface area contributed by atoms with Crippen LogP contribution < -0.4 is 4.90 Å². The monoisotopic (exact) mass is 449 g/mol. The van der Waals surface area contributed by atoms with Crippen LogP contribution in [0.3, 0.4) is 0 Å². The first-order chi connectivity index (χ1) is 14.3. The number of nitrogens with zero attached hydrogens (tertiary/aromatic N) is 1. The van der Waals surface area contributed by atoms with Gasteiger partial charge in [0.15, 0.2) is 16.4 Å². The Bertz CT molecular complexity index is 998. The lowest BCUT2D eigenvalue weighted by molar-refractivity contribution is -0.122. The fourth-order valence-corrected chi connectivity index (χ4v) is 6.65. The number of anilines is 1. The normalized spacial score (nSPS) is 17.6. The Morgan fingerprint density at radius 2 is 1.93 bits per heavy atom. The summed E-state index contributed by atoms with van der Waals surface area (Å²) in [5, 5.41) is 0. The van der Waals surface area contributed by atoms with Crippen molar-refractivity contribution in [2.24, 2.45) is 0 Å². The summed E-state index contributed by atoms with van der Waals surface area (Å²) in [5.74, 6) is -0.953. The summed E-state index contributed by atoms with van der Waals surface area (Å²) in [4.78, 5) is 28.6. The number of hydrogen-bond acceptors (Lipinski definition) is 6. The van der Waals surface area contributed by atoms with Gasteiger partial charge in [-0.25, -0.2) is 13.2 Å². The minimum Gasteiger partial charge on any atom is -0.451 e. The molecule has 0 saturated carbocycles. The number of esters is 1. The van der Waals surface area contributed by atoms with Gasteiger partial charge in [-0.15, -0.1) is 11.3 Å². The van der Waals surface area contributed by atoms with Gasteiger partial charge in [-0.3, -0.25) is 4.79 Å². The molecule has 2 aromatic rings. The van der Waals surface area contributed by atoms with Crippen LogP contribution in [0.15, 0.2) is 36.4 Å². The lowest BCUT2D eigenvalue weighted by Gasteiger charge is -2.28. The number of carbonyl (C=O) groups is 2. The summed E-state index contributed by atoms with van der Waals surface area (Å²) in [5.41, 5.74) is 1.75. The van der Waals surface area contributed by atoms with E-state index in [1.807, 2.05) is 19.1 Å². The van der Waals surface area contributed by atoms with Crippen LogP contribution in [0.2, 0.25) is 0 Å². The van der Waals surface area contributed by atoms with Crippen LogP contribution in [0.5, 0.6) is 0 Å². The predicted molar refractivity (Wildman–Crippen MR) is 119 cm³/mol. The van der Waals surface area contributed by atoms with Crippen LogP contribution in [0, 0.1) is 0 Å². The van der Waals surface area contributed by atoms with E-state index in [1.165, 1.54) is 21.1 Å². The molecule has 3 rings (SSSR count). The number of benzene rings is 1. The lowest BCUT2D eigenvalue weighted by atomic mass is 10.1. The number of sulfone groups is 1. The van der Waals surface area contributed by atoms with Crippen molar-refractivity contribution >= 4 is 38.7 Å². The van der Waals surface area contributed by atoms with Crippen molar-refractivity contribution in [3.63, 3.8) is 0 Å². The fraction of sp³-hybridized carbons (Fsp3) is 0.455. The molecule has 162 valence electrons. The van der Waals surface area contributed by atoms with Gasteiger partial charge in [0.05, 0.1) is 17.5 Å². The highest BCUT2D eigenvalue weighted by atomic mass is 32.2. The van der Waals surface area contributed by atoms with Crippen molar-refractivity contribution in [2.75, 3.05) is 23.0 Å². The summed E-state index contributed by atoms with van der Waals surface area (Å²) in [7, 11) is -3.17. The van der Waals surface area contributed by atoms with Crippen LogP contribution in [-0.4, -0.2) is 44.4 Å². The van der Waals surface area contributed by atoms with E-state index < -0.39 is 34.4 Å². The molecule has 1 aromatic heterocycles. The molecule has 1 aliphatic rings. The molecule has 0 aliphatic carbocycles. The number of amides is 1. The van der Waals surface area contributed by atoms with E-state index in [9.17, 15) is 18.0 Å². The Labute approximate surface area is 181 Å². The lowest BCUT2D eigenvalue weighted by Crippen LogP contribution is -2.43. The van der Waals surface area contributed by atoms with Crippen molar-refractivity contribution in [3.8, 4) is 0 Å². The molecule has 0 spiro atoms. The standard InChI is InChI=1S/C22H27NO5S2/c1-3-8-19-16(4-2)13-20(29-19)22(25)28-14-21(24)23(17-9-6-5-7-10-17)18-11-12-30(26,27)15-18/h5-7,9-10,13,18H,3-4,8,11-12,14-15H2,1-2H3. The van der Waals surface area contributed by atoms with Crippen LogP contribution >= 0.6 is 11.3 Å². The van der Waals surface area contributed by atoms with Crippen LogP contribution in [0.4, 0.5) is 5.69 Å². The van der Waals surface area contributed by atoms with E-state index in [1.54, 1.807) is 24.3 Å². The van der Waals surface area contributed by atoms with Crippen LogP contribution in [0.25, 0.3) is 0 Å². The van der Waals surface area contributed by atoms with Gasteiger partial charge in [0, 0.05) is 10.6 Å². The summed E-state index contributed by atoms with van der Waals surface area (Å²) < 4.78 is 29.2. The molecule has 8 heteroatoms. The van der Waals surface area contributed by atoms with E-state index in [2.05, 4.69) is 6.92 Å². The highest BCUT2D eigenvalue weighted by molar-refractivity contribution is 7.91. The van der Waals surface area contributed by atoms with Crippen LogP contribution in [-0.2, 0) is 32.2 Å². The molecule has 1 aliphatic heterocycles. The number of thiophene rings is 1. The maximum absolute atomic E-state index is 13.0. The van der Waals surface area contributed by atoms with Crippen molar-refractivity contribution in [1.82, 2.24) is 0 Å². The fourth-order valence-electron chi connectivity index (χ4n) is 3.70. The number of carbonyl (C=O) groups excluding carboxylic acids is 2. The maximum atomic E-state index is 13.0. The van der Waals surface area contributed by atoms with Crippen molar-refractivity contribution in [3.05, 3.63) is 51.7 Å². The zero-order chi connectivity index (χ0) is 21.7. The summed E-state index contributed by atoms with van der Waals surface area (Å²) in [6, 6.07) is 10.3. The molecule has 0 bridgehead atoms. The third-order valence-corrected chi connectivity index (χ3v) is 8.13. The number of hydrogen-bond donors (Lipinski definition) is 0. The highest BCUT2D eigenvalue weighted by Gasteiger charge is 2.35. The Hall–Kier alpha value is -2.19. The average molecular weight is 450 g/mol. The summed E-state index contributed by atoms with van der Waals surface area (Å²) in [6.45, 7) is 3.72. The van der Waals surface area contributed by atoms with E-state index in [0.717, 1.165) is 24.8 Å². The van der Waals surface area contributed by atoms with Gasteiger partial charge < -0.3 is 9.64 Å². The minimum absolute atomic E-state index is 0.0588. The minimum atomic E-state index is -3.17. The topological polar surface area (TPSA) is 80.8 Å². The first-order valence-corrected chi connectivity index (χ1v) is 12.8. The SMILES string of the molecule is CCCc1sc(C(=O)OCC(=O)N(c2ccccc2)C2CCS(=O)(=O)C2)cc1CC. The molecule has 0 N–H and O–H groups in total. The van der Waals surface area contributed by atoms with Gasteiger partial charge in [0.2, 0.25) is 0 Å². The van der Waals surface area contributed by atoms with Gasteiger partial charge in [0.1, 0.15) is 4.88 Å². The maximum Gasteiger partial charge on any atom is 0.348 e. The molecule has 1 aromatic carbocycles. The predicted octanol–water partition coefficient (Wildman–Crippen LogP) is 3.64. The summed E-state index contributed by atoms with van der Waals surface area (Å²) in [6.07, 6.45) is 3.13. The molecule has 1 atom stereocenters. The van der Waals surface area contributed by atoms with Gasteiger partial charge in [-0.2, -0.15) is 0 Å². The molecule has 2 heterocycles. The zero-order valence-electron chi connectivity index (χ0n) is 17.3. The van der Waals surface area contributed by atoms with E-state index in [0.29, 0.717) is 17.0 Å². The highest BCUT2D eigenvalue weighted by Crippen LogP contribution is 2.27. The smallest absolute Gasteiger partial charge is 0.348 e. The number of rotatable bonds is 8. The molecule has 30 heavy (non-hydrogen) atoms. The molecule has 1 amide bonds. The largest absolute Gasteiger partial charge is 0.451 e. The number of ether oxygens (including phenoxy) is 1. The zero-order valence-corrected chi connectivity index (χ0v) is 18.9. The van der Waals surface area contributed by atoms with Crippen molar-refractivity contribution in [2.45, 2.75) is 45.6 Å². The van der Waals surface area contributed by atoms with Crippen molar-refractivity contribution < 1.29 is 22.7 Å². The Morgan fingerprint density at radius 1 is 1.20 bits per heavy atom. The first kappa shape index (κ1) is 22.5. The third-order valence-electron chi connectivity index (χ3n) is 5.16. The molecular formula is C22H27NO5S2. The Kier molecular flexibility index (Phi) is 7.31. The molecule has 1 fully saturated rings. The second kappa shape index (κ2) is 9.75. The molecule has 1 saturated heterocycles. The quantitative estimate of drug-likeness (QED) is 0.575. The van der Waals surface area contributed by atoms with Crippen LogP contribution in [0.1, 0.15) is 46.8 Å². The second-order valence-corrected chi connectivity index (χ2v) is 10.8. The van der Waals surface area contributed by atoms with E-state index in [4.69, 9.17) is 4.74 Å². The van der Waals surface area contributed by atoms with Gasteiger partial charge in [-0.1, -0.05) is 38.5 Å². The molecule has 0 radical (unpaired) electrons. The van der Waals surface area contributed by atoms with Gasteiger partial charge in [0.25, 0.3) is 5.91 Å². The molecular weight excluding hydrogens is 422 g/mol. The number of aryl methyl sites for hydroxylation is 2.